The van der Waals surface area contributed by atoms with E-state index >= 15 is 0 Å². The van der Waals surface area contributed by atoms with Crippen molar-refractivity contribution >= 4 is 5.78 Å². The van der Waals surface area contributed by atoms with E-state index in [2.05, 4.69) is 27.7 Å². The molecule has 0 amide bonds. The van der Waals surface area contributed by atoms with E-state index in [9.17, 15) is 4.79 Å². The van der Waals surface area contributed by atoms with Crippen LogP contribution in [0.5, 0.6) is 0 Å². The number of rotatable bonds is 7. The number of carbonyl (C=O) groups excluding carboxylic acids is 1. The monoisotopic (exact) mass is 400 g/mol. The second-order valence-electron chi connectivity index (χ2n) is 12.3. The van der Waals surface area contributed by atoms with Crippen LogP contribution in [0.4, 0.5) is 0 Å². The van der Waals surface area contributed by atoms with Crippen molar-refractivity contribution in [1.82, 2.24) is 0 Å². The van der Waals surface area contributed by atoms with Gasteiger partial charge in [-0.05, 0) is 111 Å². The van der Waals surface area contributed by atoms with Gasteiger partial charge < -0.3 is 0 Å². The Balaban J connectivity index is 1.42. The van der Waals surface area contributed by atoms with Gasteiger partial charge in [-0.15, -0.1) is 0 Å². The van der Waals surface area contributed by atoms with Crippen LogP contribution >= 0.6 is 0 Å². The van der Waals surface area contributed by atoms with Crippen LogP contribution in [-0.4, -0.2) is 5.78 Å². The van der Waals surface area contributed by atoms with E-state index in [0.717, 1.165) is 67.6 Å². The molecular formula is C28H48O. The van der Waals surface area contributed by atoms with E-state index in [4.69, 9.17) is 0 Å². The minimum Gasteiger partial charge on any atom is -0.300 e. The number of hydrogen-bond donors (Lipinski definition) is 0. The van der Waals surface area contributed by atoms with Gasteiger partial charge in [-0.2, -0.15) is 0 Å². The number of carbonyl (C=O) groups is 1. The van der Waals surface area contributed by atoms with E-state index < -0.39 is 0 Å². The van der Waals surface area contributed by atoms with Crippen molar-refractivity contribution in [2.24, 2.45) is 46.3 Å². The molecule has 1 nitrogen and oxygen atoms in total. The first-order valence-electron chi connectivity index (χ1n) is 13.4. The summed E-state index contributed by atoms with van der Waals surface area (Å²) in [5.41, 5.74) is 1.23. The number of Topliss-reactive ketones (excluding diaryl/α,β-unsaturated/α-hetero) is 1. The van der Waals surface area contributed by atoms with Gasteiger partial charge in [-0.1, -0.05) is 47.0 Å². The fourth-order valence-electron chi connectivity index (χ4n) is 9.36. The molecule has 0 spiro atoms. The van der Waals surface area contributed by atoms with Crippen molar-refractivity contribution < 1.29 is 4.79 Å². The third-order valence-electron chi connectivity index (χ3n) is 11.0. The molecule has 4 aliphatic carbocycles. The van der Waals surface area contributed by atoms with Crippen LogP contribution < -0.4 is 0 Å². The Hall–Kier alpha value is -0.330. The second-order valence-corrected chi connectivity index (χ2v) is 12.3. The highest BCUT2D eigenvalue weighted by molar-refractivity contribution is 5.78. The fraction of sp³-hybridized carbons (Fsp3) is 0.964. The highest BCUT2D eigenvalue weighted by Gasteiger charge is 2.60. The zero-order valence-corrected chi connectivity index (χ0v) is 20.0. The van der Waals surface area contributed by atoms with Crippen molar-refractivity contribution in [2.45, 2.75) is 124 Å². The molecule has 0 bridgehead atoms. The van der Waals surface area contributed by atoms with E-state index in [-0.39, 0.29) is 0 Å². The topological polar surface area (TPSA) is 17.1 Å². The first kappa shape index (κ1) is 21.9. The quantitative estimate of drug-likeness (QED) is 0.421. The number of hydrogen-bond acceptors (Lipinski definition) is 1. The fourth-order valence-corrected chi connectivity index (χ4v) is 9.36. The maximum absolute atomic E-state index is 12.2. The molecule has 4 aliphatic rings. The molecule has 0 aromatic heterocycles. The lowest BCUT2D eigenvalue weighted by Crippen LogP contribution is -2.53. The van der Waals surface area contributed by atoms with Crippen LogP contribution in [0.15, 0.2) is 0 Å². The van der Waals surface area contributed by atoms with E-state index in [1.165, 1.54) is 64.2 Å². The first-order valence-corrected chi connectivity index (χ1v) is 13.4. The average Bonchev–Trinajstić information content (AvgIpc) is 3.07. The predicted molar refractivity (Wildman–Crippen MR) is 123 cm³/mol. The van der Waals surface area contributed by atoms with Crippen molar-refractivity contribution in [3.63, 3.8) is 0 Å². The molecule has 4 fully saturated rings. The Morgan fingerprint density at radius 3 is 2.48 bits per heavy atom. The SMILES string of the molecule is CCCCC(=O)CC[C@@H](C)[C@H]1CC[C@H]2[C@@H]3CC[C@@H]4CCCC[C@]4(C)[C@H]3CC[C@]12C. The summed E-state index contributed by atoms with van der Waals surface area (Å²) < 4.78 is 0. The average molecular weight is 401 g/mol. The normalized spacial score (nSPS) is 45.2. The smallest absolute Gasteiger partial charge is 0.132 e. The van der Waals surface area contributed by atoms with Crippen LogP contribution in [-0.2, 0) is 4.79 Å². The molecule has 29 heavy (non-hydrogen) atoms. The lowest BCUT2D eigenvalue weighted by atomic mass is 9.44. The van der Waals surface area contributed by atoms with Gasteiger partial charge in [-0.25, -0.2) is 0 Å². The van der Waals surface area contributed by atoms with Gasteiger partial charge in [0.05, 0.1) is 0 Å². The molecule has 0 aromatic carbocycles. The van der Waals surface area contributed by atoms with Gasteiger partial charge in [0.2, 0.25) is 0 Å². The highest BCUT2D eigenvalue weighted by atomic mass is 16.1. The van der Waals surface area contributed by atoms with Crippen molar-refractivity contribution in [3.05, 3.63) is 0 Å². The molecular weight excluding hydrogens is 352 g/mol. The number of unbranched alkanes of at least 4 members (excludes halogenated alkanes) is 1. The molecule has 4 saturated carbocycles. The lowest BCUT2D eigenvalue weighted by molar-refractivity contribution is -0.120. The van der Waals surface area contributed by atoms with Gasteiger partial charge in [-0.3, -0.25) is 4.79 Å². The van der Waals surface area contributed by atoms with Crippen LogP contribution in [0.3, 0.4) is 0 Å². The standard InChI is InChI=1S/C28H48O/c1-5-6-10-22(29)13-11-20(2)24-15-16-25-23-14-12-21-9-7-8-18-27(21,3)26(23)17-19-28(24,25)4/h20-21,23-26H,5-19H2,1-4H3/t20-,21+,23+,24-,25+,26+,27+,28-/m1/s1. The molecule has 0 aliphatic heterocycles. The van der Waals surface area contributed by atoms with Gasteiger partial charge in [0.1, 0.15) is 5.78 Å². The summed E-state index contributed by atoms with van der Waals surface area (Å²) in [6, 6.07) is 0. The summed E-state index contributed by atoms with van der Waals surface area (Å²) >= 11 is 0. The molecule has 166 valence electrons. The number of fused-ring (bicyclic) bond motifs is 5. The molecule has 0 aromatic rings. The van der Waals surface area contributed by atoms with E-state index in [0.29, 0.717) is 16.6 Å². The summed E-state index contributed by atoms with van der Waals surface area (Å²) in [4.78, 5) is 12.2. The Morgan fingerprint density at radius 1 is 0.897 bits per heavy atom. The summed E-state index contributed by atoms with van der Waals surface area (Å²) in [5, 5.41) is 0. The van der Waals surface area contributed by atoms with Crippen molar-refractivity contribution in [2.75, 3.05) is 0 Å². The van der Waals surface area contributed by atoms with Gasteiger partial charge in [0.25, 0.3) is 0 Å². The molecule has 1 heteroatoms. The minimum absolute atomic E-state index is 0.519. The highest BCUT2D eigenvalue weighted by Crippen LogP contribution is 2.68. The van der Waals surface area contributed by atoms with Crippen molar-refractivity contribution in [1.29, 1.82) is 0 Å². The van der Waals surface area contributed by atoms with Crippen LogP contribution in [0, 0.1) is 46.3 Å². The zero-order chi connectivity index (χ0) is 20.6. The largest absolute Gasteiger partial charge is 0.300 e. The molecule has 0 N–H and O–H groups in total. The Bertz CT molecular complexity index is 581. The summed E-state index contributed by atoms with van der Waals surface area (Å²) in [7, 11) is 0. The number of ketones is 1. The van der Waals surface area contributed by atoms with Crippen LogP contribution in [0.25, 0.3) is 0 Å². The maximum atomic E-state index is 12.2. The molecule has 8 atom stereocenters. The Morgan fingerprint density at radius 2 is 1.69 bits per heavy atom. The third-order valence-corrected chi connectivity index (χ3v) is 11.0. The molecule has 0 unspecified atom stereocenters. The van der Waals surface area contributed by atoms with Crippen molar-refractivity contribution in [3.8, 4) is 0 Å². The lowest BCUT2D eigenvalue weighted by Gasteiger charge is -2.61. The van der Waals surface area contributed by atoms with E-state index in [1.54, 1.807) is 0 Å². The van der Waals surface area contributed by atoms with E-state index in [1.807, 2.05) is 0 Å². The summed E-state index contributed by atoms with van der Waals surface area (Å²) in [5.74, 6) is 6.15. The van der Waals surface area contributed by atoms with Gasteiger partial charge >= 0.3 is 0 Å². The Labute approximate surface area is 181 Å². The van der Waals surface area contributed by atoms with Crippen LogP contribution in [0.1, 0.15) is 124 Å². The maximum Gasteiger partial charge on any atom is 0.132 e. The third kappa shape index (κ3) is 3.87. The summed E-state index contributed by atoms with van der Waals surface area (Å²) in [6.45, 7) is 10.0. The molecule has 0 saturated heterocycles. The minimum atomic E-state index is 0.519. The Kier molecular flexibility index (Phi) is 6.54. The second kappa shape index (κ2) is 8.66. The molecule has 0 radical (unpaired) electrons. The van der Waals surface area contributed by atoms with Gasteiger partial charge in [0, 0.05) is 12.8 Å². The predicted octanol–water partition coefficient (Wildman–Crippen LogP) is 8.21. The molecule has 0 heterocycles. The zero-order valence-electron chi connectivity index (χ0n) is 20.0. The molecule has 4 rings (SSSR count). The van der Waals surface area contributed by atoms with Gasteiger partial charge in [0.15, 0.2) is 0 Å². The first-order chi connectivity index (χ1) is 13.9. The summed E-state index contributed by atoms with van der Waals surface area (Å²) in [6.07, 6.45) is 20.0. The van der Waals surface area contributed by atoms with Crippen LogP contribution in [0.2, 0.25) is 0 Å².